The molecule has 0 saturated carbocycles. The van der Waals surface area contributed by atoms with E-state index in [0.29, 0.717) is 5.69 Å². The van der Waals surface area contributed by atoms with Gasteiger partial charge in [0.15, 0.2) is 5.13 Å². The van der Waals surface area contributed by atoms with Crippen LogP contribution < -0.4 is 5.32 Å². The highest BCUT2D eigenvalue weighted by Crippen LogP contribution is 2.22. The Bertz CT molecular complexity index is 459. The van der Waals surface area contributed by atoms with Crippen molar-refractivity contribution < 1.29 is 27.5 Å². The first-order chi connectivity index (χ1) is 8.80. The van der Waals surface area contributed by atoms with Gasteiger partial charge < -0.3 is 10.1 Å². The van der Waals surface area contributed by atoms with Gasteiger partial charge in [0.05, 0.1) is 25.6 Å². The summed E-state index contributed by atoms with van der Waals surface area (Å²) in [5.41, 5.74) is 0.392. The molecule has 0 atom stereocenters. The van der Waals surface area contributed by atoms with E-state index in [1.165, 1.54) is 12.5 Å². The molecular formula is C10H11F3N2O3S. The van der Waals surface area contributed by atoms with Gasteiger partial charge in [0, 0.05) is 11.8 Å². The van der Waals surface area contributed by atoms with Gasteiger partial charge in [-0.15, -0.1) is 11.3 Å². The molecule has 0 radical (unpaired) electrons. The molecule has 0 saturated heterocycles. The number of hydrogen-bond acceptors (Lipinski definition) is 5. The van der Waals surface area contributed by atoms with E-state index in [2.05, 4.69) is 15.0 Å². The van der Waals surface area contributed by atoms with Crippen molar-refractivity contribution in [2.75, 3.05) is 12.4 Å². The molecule has 106 valence electrons. The maximum Gasteiger partial charge on any atom is 0.389 e. The predicted molar refractivity (Wildman–Crippen MR) is 61.8 cm³/mol. The number of alkyl halides is 3. The predicted octanol–water partition coefficient (Wildman–Crippen LogP) is 2.14. The molecule has 1 N–H and O–H groups in total. The minimum absolute atomic E-state index is 0.0502. The molecule has 0 fully saturated rings. The van der Waals surface area contributed by atoms with Crippen molar-refractivity contribution in [3.8, 4) is 0 Å². The number of anilines is 1. The van der Waals surface area contributed by atoms with Gasteiger partial charge in [0.1, 0.15) is 0 Å². The maximum absolute atomic E-state index is 11.9. The Morgan fingerprint density at radius 2 is 2.16 bits per heavy atom. The Labute approximate surface area is 110 Å². The van der Waals surface area contributed by atoms with Crippen LogP contribution in [-0.2, 0) is 20.7 Å². The summed E-state index contributed by atoms with van der Waals surface area (Å²) >= 11 is 1.03. The molecular weight excluding hydrogens is 285 g/mol. The van der Waals surface area contributed by atoms with E-state index < -0.39 is 30.9 Å². The van der Waals surface area contributed by atoms with E-state index >= 15 is 0 Å². The van der Waals surface area contributed by atoms with Crippen LogP contribution in [-0.4, -0.2) is 30.1 Å². The molecule has 1 heterocycles. The zero-order chi connectivity index (χ0) is 14.5. The fourth-order valence-electron chi connectivity index (χ4n) is 1.10. The molecule has 0 aliphatic rings. The molecule has 0 aliphatic heterocycles. The van der Waals surface area contributed by atoms with Crippen LogP contribution in [0.3, 0.4) is 0 Å². The van der Waals surface area contributed by atoms with E-state index in [1.54, 1.807) is 0 Å². The quantitative estimate of drug-likeness (QED) is 0.845. The van der Waals surface area contributed by atoms with E-state index in [4.69, 9.17) is 0 Å². The number of carbonyl (C=O) groups is 2. The monoisotopic (exact) mass is 296 g/mol. The number of aromatic nitrogens is 1. The Morgan fingerprint density at radius 1 is 1.47 bits per heavy atom. The van der Waals surface area contributed by atoms with Crippen molar-refractivity contribution in [2.24, 2.45) is 0 Å². The number of carbonyl (C=O) groups excluding carboxylic acids is 2. The molecule has 9 heteroatoms. The van der Waals surface area contributed by atoms with Crippen LogP contribution in [0.4, 0.5) is 18.3 Å². The molecule has 0 spiro atoms. The van der Waals surface area contributed by atoms with Gasteiger partial charge in [-0.05, 0) is 0 Å². The zero-order valence-corrected chi connectivity index (χ0v) is 10.7. The molecule has 0 aliphatic carbocycles. The SMILES string of the molecule is COC(=O)Cc1csc(NC(=O)CCC(F)(F)F)n1. The van der Waals surface area contributed by atoms with Crippen LogP contribution in [0.15, 0.2) is 5.38 Å². The third-order valence-corrected chi connectivity index (χ3v) is 2.79. The first-order valence-electron chi connectivity index (χ1n) is 5.18. The second kappa shape index (κ2) is 6.50. The molecule has 1 amide bonds. The third kappa shape index (κ3) is 6.18. The fourth-order valence-corrected chi connectivity index (χ4v) is 1.83. The fraction of sp³-hybridized carbons (Fsp3) is 0.500. The smallest absolute Gasteiger partial charge is 0.389 e. The normalized spacial score (nSPS) is 11.2. The van der Waals surface area contributed by atoms with Crippen molar-refractivity contribution in [1.82, 2.24) is 4.98 Å². The summed E-state index contributed by atoms with van der Waals surface area (Å²) in [4.78, 5) is 26.1. The molecule has 0 bridgehead atoms. The van der Waals surface area contributed by atoms with Crippen LogP contribution >= 0.6 is 11.3 Å². The number of halogens is 3. The van der Waals surface area contributed by atoms with Gasteiger partial charge in [-0.1, -0.05) is 0 Å². The first-order valence-corrected chi connectivity index (χ1v) is 6.06. The summed E-state index contributed by atoms with van der Waals surface area (Å²) in [5, 5.41) is 3.93. The lowest BCUT2D eigenvalue weighted by Crippen LogP contribution is -2.16. The highest BCUT2D eigenvalue weighted by atomic mass is 32.1. The second-order valence-corrected chi connectivity index (χ2v) is 4.42. The van der Waals surface area contributed by atoms with Crippen LogP contribution in [0.2, 0.25) is 0 Å². The van der Waals surface area contributed by atoms with Crippen molar-refractivity contribution in [2.45, 2.75) is 25.4 Å². The van der Waals surface area contributed by atoms with Crippen LogP contribution in [0.5, 0.6) is 0 Å². The maximum atomic E-state index is 11.9. The number of thiazole rings is 1. The minimum atomic E-state index is -4.36. The summed E-state index contributed by atoms with van der Waals surface area (Å²) in [7, 11) is 1.23. The van der Waals surface area contributed by atoms with E-state index in [9.17, 15) is 22.8 Å². The number of amides is 1. The number of hydrogen-bond donors (Lipinski definition) is 1. The Kier molecular flexibility index (Phi) is 5.28. The first kappa shape index (κ1) is 15.4. The number of rotatable bonds is 5. The topological polar surface area (TPSA) is 68.3 Å². The average molecular weight is 296 g/mol. The summed E-state index contributed by atoms with van der Waals surface area (Å²) in [5.74, 6) is -1.25. The number of nitrogens with one attached hydrogen (secondary N) is 1. The van der Waals surface area contributed by atoms with Crippen molar-refractivity contribution in [1.29, 1.82) is 0 Å². The third-order valence-electron chi connectivity index (χ3n) is 1.99. The van der Waals surface area contributed by atoms with Crippen molar-refractivity contribution in [3.05, 3.63) is 11.1 Å². The highest BCUT2D eigenvalue weighted by molar-refractivity contribution is 7.13. The van der Waals surface area contributed by atoms with Gasteiger partial charge in [0.2, 0.25) is 5.91 Å². The van der Waals surface area contributed by atoms with Gasteiger partial charge in [-0.3, -0.25) is 9.59 Å². The molecule has 0 unspecified atom stereocenters. The van der Waals surface area contributed by atoms with E-state index in [-0.39, 0.29) is 11.6 Å². The lowest BCUT2D eigenvalue weighted by Gasteiger charge is -2.05. The molecule has 19 heavy (non-hydrogen) atoms. The highest BCUT2D eigenvalue weighted by Gasteiger charge is 2.28. The van der Waals surface area contributed by atoms with E-state index in [0.717, 1.165) is 11.3 Å². The van der Waals surface area contributed by atoms with Crippen LogP contribution in [0.1, 0.15) is 18.5 Å². The zero-order valence-electron chi connectivity index (χ0n) is 9.91. The average Bonchev–Trinajstić information content (AvgIpc) is 2.73. The van der Waals surface area contributed by atoms with Gasteiger partial charge in [0.25, 0.3) is 0 Å². The standard InChI is InChI=1S/C10H11F3N2O3S/c1-18-8(17)4-6-5-19-9(14-6)15-7(16)2-3-10(11,12)13/h5H,2-4H2,1H3,(H,14,15,16). The minimum Gasteiger partial charge on any atom is -0.469 e. The Balaban J connectivity index is 2.45. The van der Waals surface area contributed by atoms with Crippen molar-refractivity contribution >= 4 is 28.3 Å². The van der Waals surface area contributed by atoms with Gasteiger partial charge >= 0.3 is 12.1 Å². The van der Waals surface area contributed by atoms with Gasteiger partial charge in [-0.25, -0.2) is 4.98 Å². The Morgan fingerprint density at radius 3 is 2.74 bits per heavy atom. The van der Waals surface area contributed by atoms with Crippen LogP contribution in [0.25, 0.3) is 0 Å². The second-order valence-electron chi connectivity index (χ2n) is 3.56. The van der Waals surface area contributed by atoms with Crippen LogP contribution in [0, 0.1) is 0 Å². The summed E-state index contributed by atoms with van der Waals surface area (Å²) in [6, 6.07) is 0. The summed E-state index contributed by atoms with van der Waals surface area (Å²) < 4.78 is 40.1. The molecule has 0 aromatic carbocycles. The number of ether oxygens (including phenoxy) is 1. The molecule has 1 aromatic rings. The lowest BCUT2D eigenvalue weighted by molar-refractivity contribution is -0.142. The largest absolute Gasteiger partial charge is 0.469 e. The van der Waals surface area contributed by atoms with E-state index in [1.807, 2.05) is 0 Å². The summed E-state index contributed by atoms with van der Waals surface area (Å²) in [6.07, 6.45) is -6.25. The number of methoxy groups -OCH3 is 1. The lowest BCUT2D eigenvalue weighted by atomic mass is 10.3. The summed E-state index contributed by atoms with van der Waals surface area (Å²) in [6.45, 7) is 0. The molecule has 5 nitrogen and oxygen atoms in total. The Hall–Kier alpha value is -1.64. The number of esters is 1. The van der Waals surface area contributed by atoms with Gasteiger partial charge in [-0.2, -0.15) is 13.2 Å². The molecule has 1 rings (SSSR count). The number of nitrogens with zero attached hydrogens (tertiary/aromatic N) is 1. The molecule has 1 aromatic heterocycles. The van der Waals surface area contributed by atoms with Crippen molar-refractivity contribution in [3.63, 3.8) is 0 Å².